The first-order valence-corrected chi connectivity index (χ1v) is 10.8. The molecule has 26 heavy (non-hydrogen) atoms. The summed E-state index contributed by atoms with van der Waals surface area (Å²) in [5.41, 5.74) is 0.416. The molecule has 2 aromatic carbocycles. The molecule has 0 aromatic heterocycles. The van der Waals surface area contributed by atoms with Gasteiger partial charge in [0.1, 0.15) is 5.75 Å². The van der Waals surface area contributed by atoms with Crippen molar-refractivity contribution >= 4 is 27.6 Å². The molecule has 0 spiro atoms. The van der Waals surface area contributed by atoms with Crippen molar-refractivity contribution in [2.75, 3.05) is 18.3 Å². The quantitative estimate of drug-likeness (QED) is 0.585. The summed E-state index contributed by atoms with van der Waals surface area (Å²) in [6, 6.07) is 12.0. The van der Waals surface area contributed by atoms with Gasteiger partial charge in [0.15, 0.2) is 21.3 Å². The zero-order valence-electron chi connectivity index (χ0n) is 13.7. The van der Waals surface area contributed by atoms with Gasteiger partial charge < -0.3 is 14.2 Å². The maximum atomic E-state index is 12.6. The van der Waals surface area contributed by atoms with Gasteiger partial charge in [0.25, 0.3) is 0 Å². The highest BCUT2D eigenvalue weighted by Gasteiger charge is 2.29. The van der Waals surface area contributed by atoms with Crippen LogP contribution in [0.25, 0.3) is 0 Å². The molecule has 4 rings (SSSR count). The molecule has 6 nitrogen and oxygen atoms in total. The third-order valence-electron chi connectivity index (χ3n) is 4.15. The van der Waals surface area contributed by atoms with Crippen molar-refractivity contribution in [1.82, 2.24) is 0 Å². The predicted molar refractivity (Wildman–Crippen MR) is 96.9 cm³/mol. The van der Waals surface area contributed by atoms with Crippen molar-refractivity contribution < 1.29 is 27.4 Å². The van der Waals surface area contributed by atoms with E-state index in [1.807, 2.05) is 12.1 Å². The molecule has 1 saturated heterocycles. The highest BCUT2D eigenvalue weighted by Crippen LogP contribution is 2.36. The van der Waals surface area contributed by atoms with Crippen molar-refractivity contribution in [3.8, 4) is 17.2 Å². The molecule has 1 fully saturated rings. The van der Waals surface area contributed by atoms with E-state index in [2.05, 4.69) is 0 Å². The lowest BCUT2D eigenvalue weighted by molar-refractivity contribution is 0.0731. The average molecular weight is 392 g/mol. The van der Waals surface area contributed by atoms with Gasteiger partial charge in [-0.1, -0.05) is 12.1 Å². The van der Waals surface area contributed by atoms with E-state index in [4.69, 9.17) is 14.2 Å². The maximum absolute atomic E-state index is 12.6. The number of sulfone groups is 1. The summed E-state index contributed by atoms with van der Waals surface area (Å²) >= 11 is 1.41. The van der Waals surface area contributed by atoms with E-state index in [0.717, 1.165) is 4.90 Å². The van der Waals surface area contributed by atoms with E-state index in [9.17, 15) is 13.2 Å². The van der Waals surface area contributed by atoms with Crippen LogP contribution in [0.1, 0.15) is 16.8 Å². The Kier molecular flexibility index (Phi) is 4.54. The molecule has 0 saturated carbocycles. The highest BCUT2D eigenvalue weighted by molar-refractivity contribution is 8.02. The van der Waals surface area contributed by atoms with Crippen LogP contribution >= 0.6 is 11.8 Å². The van der Waals surface area contributed by atoms with Crippen LogP contribution in [0.5, 0.6) is 17.2 Å². The van der Waals surface area contributed by atoms with Gasteiger partial charge >= 0.3 is 5.97 Å². The van der Waals surface area contributed by atoms with Crippen molar-refractivity contribution in [2.45, 2.75) is 16.6 Å². The van der Waals surface area contributed by atoms with Crippen molar-refractivity contribution in [3.63, 3.8) is 0 Å². The normalized spacial score (nSPS) is 20.1. The minimum atomic E-state index is -2.97. The Morgan fingerprint density at radius 3 is 2.73 bits per heavy atom. The second-order valence-electron chi connectivity index (χ2n) is 6.04. The summed E-state index contributed by atoms with van der Waals surface area (Å²) in [5.74, 6) is 1.37. The minimum absolute atomic E-state index is 0.0421. The van der Waals surface area contributed by atoms with Crippen molar-refractivity contribution in [2.24, 2.45) is 0 Å². The SMILES string of the molecule is O=C(Oc1ccc2c(c1)OCO2)c1ccccc1S[C@H]1CCS(=O)(=O)C1. The second kappa shape index (κ2) is 6.85. The third-order valence-corrected chi connectivity index (χ3v) is 7.47. The molecule has 1 atom stereocenters. The van der Waals surface area contributed by atoms with Gasteiger partial charge in [-0.25, -0.2) is 13.2 Å². The fourth-order valence-electron chi connectivity index (χ4n) is 2.87. The van der Waals surface area contributed by atoms with E-state index in [1.165, 1.54) is 11.8 Å². The molecule has 2 aliphatic rings. The summed E-state index contributed by atoms with van der Waals surface area (Å²) in [6.07, 6.45) is 0.596. The summed E-state index contributed by atoms with van der Waals surface area (Å²) < 4.78 is 39.3. The number of carbonyl (C=O) groups is 1. The minimum Gasteiger partial charge on any atom is -0.454 e. The Balaban J connectivity index is 1.51. The van der Waals surface area contributed by atoms with E-state index in [0.29, 0.717) is 29.2 Å². The number of hydrogen-bond donors (Lipinski definition) is 0. The van der Waals surface area contributed by atoms with Crippen molar-refractivity contribution in [3.05, 3.63) is 48.0 Å². The van der Waals surface area contributed by atoms with E-state index in [-0.39, 0.29) is 23.5 Å². The second-order valence-corrected chi connectivity index (χ2v) is 9.61. The Bertz CT molecular complexity index is 954. The molecule has 0 amide bonds. The van der Waals surface area contributed by atoms with Gasteiger partial charge in [0.2, 0.25) is 6.79 Å². The Morgan fingerprint density at radius 1 is 1.12 bits per heavy atom. The Hall–Kier alpha value is -2.19. The first-order chi connectivity index (χ1) is 12.5. The summed E-state index contributed by atoms with van der Waals surface area (Å²) in [4.78, 5) is 13.3. The Morgan fingerprint density at radius 2 is 1.92 bits per heavy atom. The largest absolute Gasteiger partial charge is 0.454 e. The Labute approximate surface area is 155 Å². The molecule has 0 bridgehead atoms. The third kappa shape index (κ3) is 3.66. The number of esters is 1. The van der Waals surface area contributed by atoms with Gasteiger partial charge in [-0.15, -0.1) is 11.8 Å². The molecule has 0 unspecified atom stereocenters. The number of rotatable bonds is 4. The van der Waals surface area contributed by atoms with E-state index >= 15 is 0 Å². The van der Waals surface area contributed by atoms with Crippen LogP contribution in [-0.2, 0) is 9.84 Å². The van der Waals surface area contributed by atoms with Crippen LogP contribution in [0.3, 0.4) is 0 Å². The number of benzene rings is 2. The molecule has 0 N–H and O–H groups in total. The standard InChI is InChI=1S/C18H16O6S2/c19-18(24-12-5-6-15-16(9-12)23-11-22-15)14-3-1-2-4-17(14)25-13-7-8-26(20,21)10-13/h1-6,9,13H,7-8,10-11H2/t13-/m0/s1. The van der Waals surface area contributed by atoms with Gasteiger partial charge in [0, 0.05) is 16.2 Å². The number of thioether (sulfide) groups is 1. The molecule has 2 aliphatic heterocycles. The maximum Gasteiger partial charge on any atom is 0.344 e. The van der Waals surface area contributed by atoms with Gasteiger partial charge in [-0.05, 0) is 30.7 Å². The lowest BCUT2D eigenvalue weighted by Gasteiger charge is -2.12. The van der Waals surface area contributed by atoms with Crippen LogP contribution < -0.4 is 14.2 Å². The van der Waals surface area contributed by atoms with Gasteiger partial charge in [0.05, 0.1) is 17.1 Å². The predicted octanol–water partition coefficient (Wildman–Crippen LogP) is 2.91. The number of ether oxygens (including phenoxy) is 3. The fourth-order valence-corrected chi connectivity index (χ4v) is 6.49. The molecular formula is C18H16O6S2. The van der Waals surface area contributed by atoms with Gasteiger partial charge in [-0.2, -0.15) is 0 Å². The zero-order valence-corrected chi connectivity index (χ0v) is 15.3. The van der Waals surface area contributed by atoms with Crippen LogP contribution in [0.2, 0.25) is 0 Å². The lowest BCUT2D eigenvalue weighted by atomic mass is 10.2. The highest BCUT2D eigenvalue weighted by atomic mass is 32.2. The molecular weight excluding hydrogens is 376 g/mol. The number of fused-ring (bicyclic) bond motifs is 1. The summed E-state index contributed by atoms with van der Waals surface area (Å²) in [7, 11) is -2.97. The van der Waals surface area contributed by atoms with E-state index < -0.39 is 15.8 Å². The fraction of sp³-hybridized carbons (Fsp3) is 0.278. The molecule has 136 valence electrons. The topological polar surface area (TPSA) is 78.9 Å². The van der Waals surface area contributed by atoms with E-state index in [1.54, 1.807) is 30.3 Å². The molecule has 2 aromatic rings. The molecule has 0 radical (unpaired) electrons. The van der Waals surface area contributed by atoms with Crippen molar-refractivity contribution in [1.29, 1.82) is 0 Å². The molecule has 2 heterocycles. The van der Waals surface area contributed by atoms with Crippen LogP contribution in [0, 0.1) is 0 Å². The van der Waals surface area contributed by atoms with Crippen LogP contribution in [-0.4, -0.2) is 37.9 Å². The number of hydrogen-bond acceptors (Lipinski definition) is 7. The summed E-state index contributed by atoms with van der Waals surface area (Å²) in [5, 5.41) is -0.0421. The first kappa shape index (κ1) is 17.2. The monoisotopic (exact) mass is 392 g/mol. The smallest absolute Gasteiger partial charge is 0.344 e. The lowest BCUT2D eigenvalue weighted by Crippen LogP contribution is -2.11. The van der Waals surface area contributed by atoms with Gasteiger partial charge in [-0.3, -0.25) is 0 Å². The molecule has 8 heteroatoms. The number of carbonyl (C=O) groups excluding carboxylic acids is 1. The average Bonchev–Trinajstić information content (AvgIpc) is 3.20. The molecule has 0 aliphatic carbocycles. The zero-order chi connectivity index (χ0) is 18.1. The first-order valence-electron chi connectivity index (χ1n) is 8.08. The summed E-state index contributed by atoms with van der Waals surface area (Å²) in [6.45, 7) is 0.149. The van der Waals surface area contributed by atoms with Crippen LogP contribution in [0.4, 0.5) is 0 Å². The van der Waals surface area contributed by atoms with Crippen LogP contribution in [0.15, 0.2) is 47.4 Å².